The minimum absolute atomic E-state index is 0.166. The molecule has 2 heteroatoms. The molecule has 3 rings (SSSR count). The summed E-state index contributed by atoms with van der Waals surface area (Å²) in [5.41, 5.74) is 0.604. The fourth-order valence-electron chi connectivity index (χ4n) is 6.36. The molecule has 2 saturated heterocycles. The number of hydrogen-bond acceptors (Lipinski definition) is 2. The lowest BCUT2D eigenvalue weighted by molar-refractivity contribution is -0.190. The van der Waals surface area contributed by atoms with Crippen molar-refractivity contribution in [2.24, 2.45) is 11.3 Å². The van der Waals surface area contributed by atoms with Gasteiger partial charge in [0.25, 0.3) is 0 Å². The van der Waals surface area contributed by atoms with Crippen molar-refractivity contribution in [1.29, 1.82) is 0 Å². The second-order valence-electron chi connectivity index (χ2n) is 9.97. The zero-order valence-electron chi connectivity index (χ0n) is 18.6. The molecule has 158 valence electrons. The topological polar surface area (TPSA) is 21.8 Å². The molecule has 0 N–H and O–H groups in total. The molecule has 0 aromatic rings. The minimum atomic E-state index is 0.166. The van der Waals surface area contributed by atoms with E-state index in [2.05, 4.69) is 20.8 Å². The first-order valence-corrected chi connectivity index (χ1v) is 12.5. The Morgan fingerprint density at radius 3 is 2.19 bits per heavy atom. The molecule has 0 aromatic carbocycles. The van der Waals surface area contributed by atoms with Crippen molar-refractivity contribution in [2.45, 2.75) is 141 Å². The molecule has 0 amide bonds. The van der Waals surface area contributed by atoms with E-state index in [1.54, 1.807) is 0 Å². The molecular formula is C25H46O2. The summed E-state index contributed by atoms with van der Waals surface area (Å²) in [6.45, 7) is 8.06. The molecule has 3 aliphatic rings. The summed E-state index contributed by atoms with van der Waals surface area (Å²) >= 11 is 0. The SMILES string of the molecule is CCCCC1(CCC2CCC3OC3C2)CCCOC1(CCCC)CCCC. The van der Waals surface area contributed by atoms with Crippen molar-refractivity contribution in [2.75, 3.05) is 6.61 Å². The summed E-state index contributed by atoms with van der Waals surface area (Å²) in [5, 5.41) is 0. The Hall–Kier alpha value is -0.0800. The molecule has 0 spiro atoms. The van der Waals surface area contributed by atoms with Gasteiger partial charge in [-0.05, 0) is 75.5 Å². The van der Waals surface area contributed by atoms with E-state index in [1.165, 1.54) is 103 Å². The van der Waals surface area contributed by atoms with Gasteiger partial charge in [0.1, 0.15) is 0 Å². The van der Waals surface area contributed by atoms with Crippen LogP contribution < -0.4 is 0 Å². The van der Waals surface area contributed by atoms with Gasteiger partial charge in [-0.2, -0.15) is 0 Å². The lowest BCUT2D eigenvalue weighted by Crippen LogP contribution is -2.54. The highest BCUT2D eigenvalue weighted by Gasteiger charge is 2.52. The van der Waals surface area contributed by atoms with Crippen molar-refractivity contribution >= 4 is 0 Å². The maximum Gasteiger partial charge on any atom is 0.0844 e. The van der Waals surface area contributed by atoms with Gasteiger partial charge in [-0.3, -0.25) is 0 Å². The van der Waals surface area contributed by atoms with Crippen molar-refractivity contribution in [3.63, 3.8) is 0 Å². The fraction of sp³-hybridized carbons (Fsp3) is 1.00. The van der Waals surface area contributed by atoms with E-state index in [0.29, 0.717) is 17.6 Å². The van der Waals surface area contributed by atoms with Crippen LogP contribution in [0.3, 0.4) is 0 Å². The predicted molar refractivity (Wildman–Crippen MR) is 114 cm³/mol. The van der Waals surface area contributed by atoms with Gasteiger partial charge in [0.2, 0.25) is 0 Å². The summed E-state index contributed by atoms with van der Waals surface area (Å²) < 4.78 is 12.6. The van der Waals surface area contributed by atoms with E-state index in [0.717, 1.165) is 12.5 Å². The molecule has 1 saturated carbocycles. The summed E-state index contributed by atoms with van der Waals surface area (Å²) in [6, 6.07) is 0. The van der Waals surface area contributed by atoms with Crippen LogP contribution in [0.25, 0.3) is 0 Å². The van der Waals surface area contributed by atoms with Crippen LogP contribution in [-0.4, -0.2) is 24.4 Å². The van der Waals surface area contributed by atoms with E-state index in [4.69, 9.17) is 9.47 Å². The maximum atomic E-state index is 6.83. The first-order chi connectivity index (χ1) is 13.2. The monoisotopic (exact) mass is 378 g/mol. The molecule has 2 nitrogen and oxygen atoms in total. The van der Waals surface area contributed by atoms with Crippen LogP contribution in [-0.2, 0) is 9.47 Å². The van der Waals surface area contributed by atoms with Crippen LogP contribution in [0.2, 0.25) is 0 Å². The normalized spacial score (nSPS) is 35.0. The Balaban J connectivity index is 1.74. The molecule has 27 heavy (non-hydrogen) atoms. The van der Waals surface area contributed by atoms with Gasteiger partial charge in [0, 0.05) is 6.61 Å². The highest BCUT2D eigenvalue weighted by Crippen LogP contribution is 2.55. The first-order valence-electron chi connectivity index (χ1n) is 12.5. The number of rotatable bonds is 12. The average molecular weight is 379 g/mol. The van der Waals surface area contributed by atoms with E-state index >= 15 is 0 Å². The Labute approximate surface area is 169 Å². The molecule has 4 atom stereocenters. The lowest BCUT2D eigenvalue weighted by Gasteiger charge is -2.55. The summed E-state index contributed by atoms with van der Waals surface area (Å²) in [7, 11) is 0. The zero-order valence-corrected chi connectivity index (χ0v) is 18.6. The van der Waals surface area contributed by atoms with Gasteiger partial charge in [0.05, 0.1) is 17.8 Å². The summed E-state index contributed by atoms with van der Waals surface area (Å²) in [5.74, 6) is 0.907. The number of epoxide rings is 1. The summed E-state index contributed by atoms with van der Waals surface area (Å²) in [4.78, 5) is 0. The third kappa shape index (κ3) is 5.10. The summed E-state index contributed by atoms with van der Waals surface area (Å²) in [6.07, 6.45) is 22.8. The van der Waals surface area contributed by atoms with Crippen molar-refractivity contribution in [1.82, 2.24) is 0 Å². The largest absolute Gasteiger partial charge is 0.374 e. The highest BCUT2D eigenvalue weighted by atomic mass is 16.6. The third-order valence-electron chi connectivity index (χ3n) is 8.17. The van der Waals surface area contributed by atoms with Gasteiger partial charge >= 0.3 is 0 Å². The molecule has 2 aliphatic heterocycles. The van der Waals surface area contributed by atoms with Crippen LogP contribution in [0.1, 0.15) is 124 Å². The Morgan fingerprint density at radius 1 is 0.815 bits per heavy atom. The lowest BCUT2D eigenvalue weighted by atomic mass is 9.58. The molecule has 0 bridgehead atoms. The molecule has 0 radical (unpaired) electrons. The number of hydrogen-bond donors (Lipinski definition) is 0. The Bertz CT molecular complexity index is 426. The van der Waals surface area contributed by atoms with E-state index < -0.39 is 0 Å². The van der Waals surface area contributed by atoms with Gasteiger partial charge in [0.15, 0.2) is 0 Å². The van der Waals surface area contributed by atoms with Gasteiger partial charge < -0.3 is 9.47 Å². The maximum absolute atomic E-state index is 6.83. The molecule has 2 heterocycles. The quantitative estimate of drug-likeness (QED) is 0.329. The first kappa shape index (κ1) is 21.6. The van der Waals surface area contributed by atoms with Crippen LogP contribution >= 0.6 is 0 Å². The molecule has 1 aliphatic carbocycles. The van der Waals surface area contributed by atoms with E-state index in [1.807, 2.05) is 0 Å². The fourth-order valence-corrected chi connectivity index (χ4v) is 6.36. The molecule has 3 fully saturated rings. The second kappa shape index (κ2) is 10.1. The molecular weight excluding hydrogens is 332 g/mol. The second-order valence-corrected chi connectivity index (χ2v) is 9.97. The van der Waals surface area contributed by atoms with E-state index in [-0.39, 0.29) is 5.60 Å². The minimum Gasteiger partial charge on any atom is -0.374 e. The Kier molecular flexibility index (Phi) is 8.09. The molecule has 4 unspecified atom stereocenters. The van der Waals surface area contributed by atoms with Crippen molar-refractivity contribution in [3.8, 4) is 0 Å². The van der Waals surface area contributed by atoms with Crippen LogP contribution in [0, 0.1) is 11.3 Å². The van der Waals surface area contributed by atoms with Gasteiger partial charge in [-0.25, -0.2) is 0 Å². The van der Waals surface area contributed by atoms with Gasteiger partial charge in [-0.1, -0.05) is 59.3 Å². The van der Waals surface area contributed by atoms with Crippen molar-refractivity contribution < 1.29 is 9.47 Å². The highest BCUT2D eigenvalue weighted by molar-refractivity contribution is 5.03. The number of fused-ring (bicyclic) bond motifs is 1. The predicted octanol–water partition coefficient (Wildman–Crippen LogP) is 7.44. The smallest absolute Gasteiger partial charge is 0.0844 e. The van der Waals surface area contributed by atoms with E-state index in [9.17, 15) is 0 Å². The zero-order chi connectivity index (χ0) is 19.2. The van der Waals surface area contributed by atoms with Crippen molar-refractivity contribution in [3.05, 3.63) is 0 Å². The third-order valence-corrected chi connectivity index (χ3v) is 8.17. The van der Waals surface area contributed by atoms with Crippen LogP contribution in [0.5, 0.6) is 0 Å². The number of unbranched alkanes of at least 4 members (excludes halogenated alkanes) is 3. The van der Waals surface area contributed by atoms with Gasteiger partial charge in [-0.15, -0.1) is 0 Å². The van der Waals surface area contributed by atoms with Crippen LogP contribution in [0.4, 0.5) is 0 Å². The Morgan fingerprint density at radius 2 is 1.52 bits per heavy atom. The molecule has 0 aromatic heterocycles. The van der Waals surface area contributed by atoms with Crippen LogP contribution in [0.15, 0.2) is 0 Å². The standard InChI is InChI=1S/C25H46O2/c1-4-7-14-24(18-13-21-11-12-22-23(20-21)27-22)15-10-19-26-25(24,16-8-5-2)17-9-6-3/h21-23H,4-20H2,1-3H3. The average Bonchev–Trinajstić information content (AvgIpc) is 3.48. The number of ether oxygens (including phenoxy) is 2.